The predicted octanol–water partition coefficient (Wildman–Crippen LogP) is -0.815. The molecule has 2 saturated heterocycles. The number of imide groups is 1. The maximum absolute atomic E-state index is 12.8. The summed E-state index contributed by atoms with van der Waals surface area (Å²) >= 11 is 0. The molecule has 2 aliphatic heterocycles. The van der Waals surface area contributed by atoms with Crippen molar-refractivity contribution in [3.8, 4) is 5.75 Å². The number of carbonyl (C=O) groups excluding carboxylic acids is 5. The van der Waals surface area contributed by atoms with Crippen LogP contribution in [0.3, 0.4) is 0 Å². The average molecular weight is 624 g/mol. The Morgan fingerprint density at radius 1 is 1.07 bits per heavy atom. The molecule has 2 fully saturated rings. The largest absolute Gasteiger partial charge is 0.461 e. The number of esters is 1. The summed E-state index contributed by atoms with van der Waals surface area (Å²) < 4.78 is 16.2. The van der Waals surface area contributed by atoms with Crippen LogP contribution < -0.4 is 15.4 Å². The van der Waals surface area contributed by atoms with E-state index in [9.17, 15) is 44.4 Å². The Kier molecular flexibility index (Phi) is 12.6. The highest BCUT2D eigenvalue weighted by molar-refractivity contribution is 6.03. The molecule has 0 bridgehead atoms. The molecular weight excluding hydrogens is 582 g/mol. The topological polar surface area (TPSA) is 221 Å². The minimum Gasteiger partial charge on any atom is -0.461 e. The van der Waals surface area contributed by atoms with E-state index in [1.54, 1.807) is 6.92 Å². The van der Waals surface area contributed by atoms with Crippen molar-refractivity contribution in [3.05, 3.63) is 23.8 Å². The van der Waals surface area contributed by atoms with Crippen molar-refractivity contribution in [3.63, 3.8) is 0 Å². The highest BCUT2D eigenvalue weighted by atomic mass is 16.7. The molecule has 0 aromatic heterocycles. The Bertz CT molecular complexity index is 1210. The lowest BCUT2D eigenvalue weighted by atomic mass is 9.94. The molecular formula is C29H41N3O12. The van der Waals surface area contributed by atoms with Gasteiger partial charge in [-0.3, -0.25) is 28.9 Å². The Labute approximate surface area is 254 Å². The number of aliphatic hydroxyl groups is 4. The van der Waals surface area contributed by atoms with E-state index in [0.717, 1.165) is 4.90 Å². The molecule has 1 aromatic carbocycles. The van der Waals surface area contributed by atoms with Crippen molar-refractivity contribution in [1.82, 2.24) is 10.2 Å². The second-order valence-electron chi connectivity index (χ2n) is 11.0. The molecule has 0 saturated carbocycles. The van der Waals surface area contributed by atoms with Crippen LogP contribution in [-0.2, 0) is 40.1 Å². The molecule has 0 radical (unpaired) electrons. The fourth-order valence-electron chi connectivity index (χ4n) is 4.72. The van der Waals surface area contributed by atoms with Gasteiger partial charge in [-0.2, -0.15) is 0 Å². The van der Waals surface area contributed by atoms with Crippen LogP contribution in [0.2, 0.25) is 0 Å². The molecule has 6 N–H and O–H groups in total. The van der Waals surface area contributed by atoms with E-state index in [4.69, 9.17) is 14.2 Å². The molecule has 0 spiro atoms. The van der Waals surface area contributed by atoms with Crippen LogP contribution >= 0.6 is 0 Å². The number of ether oxygens (including phenoxy) is 3. The number of hydrogen-bond donors (Lipinski definition) is 6. The molecule has 6 atom stereocenters. The summed E-state index contributed by atoms with van der Waals surface area (Å²) in [5, 5.41) is 45.1. The smallest absolute Gasteiger partial charge is 0.305 e. The summed E-state index contributed by atoms with van der Waals surface area (Å²) in [5.41, 5.74) is 0.580. The van der Waals surface area contributed by atoms with Gasteiger partial charge < -0.3 is 45.3 Å². The lowest BCUT2D eigenvalue weighted by Crippen LogP contribution is -2.60. The lowest BCUT2D eigenvalue weighted by molar-refractivity contribution is -0.277. The first-order valence-corrected chi connectivity index (χ1v) is 14.5. The zero-order chi connectivity index (χ0) is 32.6. The van der Waals surface area contributed by atoms with Crippen LogP contribution in [0.25, 0.3) is 0 Å². The Balaban J connectivity index is 1.60. The van der Waals surface area contributed by atoms with Gasteiger partial charge in [-0.15, -0.1) is 0 Å². The number of hydrogen-bond acceptors (Lipinski definition) is 12. The average Bonchev–Trinajstić information content (AvgIpc) is 3.28. The van der Waals surface area contributed by atoms with Gasteiger partial charge in [0.2, 0.25) is 29.9 Å². The first kappa shape index (κ1) is 34.9. The number of anilines is 1. The fraction of sp³-hybridized carbons (Fsp3) is 0.621. The van der Waals surface area contributed by atoms with Crippen LogP contribution in [0.15, 0.2) is 18.2 Å². The standard InChI is InChI=1S/C29H41N3O12/c1-4-24(37)42-14-16-5-6-19(43-29-27(40)26(39)25(38)20(13-33)44-29)18(11-16)31-22(35)7-9-30-21(34)8-10-32-23(36)12-17(15(2)3)28(32)41/h5-6,11,15,17,20,25-27,29,33,38-40H,4,7-10,12-14H2,1-3H3,(H,30,34)(H,31,35). The van der Waals surface area contributed by atoms with Crippen LogP contribution in [0.5, 0.6) is 5.75 Å². The Morgan fingerprint density at radius 2 is 1.80 bits per heavy atom. The summed E-state index contributed by atoms with van der Waals surface area (Å²) in [5.74, 6) is -2.41. The molecule has 6 unspecified atom stereocenters. The highest BCUT2D eigenvalue weighted by Gasteiger charge is 2.45. The van der Waals surface area contributed by atoms with Gasteiger partial charge in [0.25, 0.3) is 0 Å². The molecule has 2 heterocycles. The van der Waals surface area contributed by atoms with E-state index >= 15 is 0 Å². The van der Waals surface area contributed by atoms with Gasteiger partial charge in [0.05, 0.1) is 12.3 Å². The number of likely N-dealkylation sites (tertiary alicyclic amines) is 1. The first-order chi connectivity index (χ1) is 20.9. The minimum absolute atomic E-state index is 0.00284. The highest BCUT2D eigenvalue weighted by Crippen LogP contribution is 2.31. The zero-order valence-corrected chi connectivity index (χ0v) is 24.9. The van der Waals surface area contributed by atoms with E-state index in [-0.39, 0.29) is 80.5 Å². The van der Waals surface area contributed by atoms with Crippen molar-refractivity contribution in [2.75, 3.05) is 25.0 Å². The molecule has 44 heavy (non-hydrogen) atoms. The minimum atomic E-state index is -1.70. The summed E-state index contributed by atoms with van der Waals surface area (Å²) in [7, 11) is 0. The molecule has 15 heteroatoms. The van der Waals surface area contributed by atoms with Crippen molar-refractivity contribution in [1.29, 1.82) is 0 Å². The van der Waals surface area contributed by atoms with Crippen LogP contribution in [-0.4, -0.2) is 105 Å². The normalized spacial score (nSPS) is 25.2. The molecule has 244 valence electrons. The lowest BCUT2D eigenvalue weighted by Gasteiger charge is -2.39. The van der Waals surface area contributed by atoms with E-state index < -0.39 is 55.1 Å². The van der Waals surface area contributed by atoms with Crippen LogP contribution in [0.1, 0.15) is 52.0 Å². The maximum Gasteiger partial charge on any atom is 0.305 e. The maximum atomic E-state index is 12.8. The molecule has 0 aliphatic carbocycles. The van der Waals surface area contributed by atoms with Crippen molar-refractivity contribution in [2.45, 2.75) is 83.8 Å². The van der Waals surface area contributed by atoms with Gasteiger partial charge in [0.1, 0.15) is 36.8 Å². The molecule has 2 aliphatic rings. The third-order valence-corrected chi connectivity index (χ3v) is 7.42. The van der Waals surface area contributed by atoms with Gasteiger partial charge in [-0.1, -0.05) is 26.8 Å². The SMILES string of the molecule is CCC(=O)OCc1ccc(OC2OC(CO)C(O)C(O)C2O)c(NC(=O)CCNC(=O)CCN2C(=O)CC(C(C)C)C2=O)c1. The summed E-state index contributed by atoms with van der Waals surface area (Å²) in [4.78, 5) is 62.4. The molecule has 15 nitrogen and oxygen atoms in total. The molecule has 3 rings (SSSR count). The third kappa shape index (κ3) is 8.95. The zero-order valence-electron chi connectivity index (χ0n) is 24.9. The summed E-state index contributed by atoms with van der Waals surface area (Å²) in [6.07, 6.45) is -7.69. The van der Waals surface area contributed by atoms with E-state index in [1.165, 1.54) is 18.2 Å². The van der Waals surface area contributed by atoms with Crippen LogP contribution in [0, 0.1) is 11.8 Å². The quantitative estimate of drug-likeness (QED) is 0.111. The molecule has 1 aromatic rings. The van der Waals surface area contributed by atoms with E-state index in [0.29, 0.717) is 5.56 Å². The van der Waals surface area contributed by atoms with Gasteiger partial charge >= 0.3 is 5.97 Å². The van der Waals surface area contributed by atoms with E-state index in [2.05, 4.69) is 10.6 Å². The second kappa shape index (κ2) is 15.9. The van der Waals surface area contributed by atoms with Crippen molar-refractivity contribution < 1.29 is 58.6 Å². The monoisotopic (exact) mass is 623 g/mol. The predicted molar refractivity (Wildman–Crippen MR) is 151 cm³/mol. The number of carbonyl (C=O) groups is 5. The number of nitrogens with one attached hydrogen (secondary N) is 2. The van der Waals surface area contributed by atoms with Gasteiger partial charge in [0, 0.05) is 44.7 Å². The van der Waals surface area contributed by atoms with Gasteiger partial charge in [-0.05, 0) is 23.6 Å². The first-order valence-electron chi connectivity index (χ1n) is 14.5. The number of amides is 4. The summed E-state index contributed by atoms with van der Waals surface area (Å²) in [6.45, 7) is 4.48. The number of rotatable bonds is 14. The van der Waals surface area contributed by atoms with Crippen molar-refractivity contribution in [2.24, 2.45) is 11.8 Å². The van der Waals surface area contributed by atoms with Gasteiger partial charge in [0.15, 0.2) is 0 Å². The fourth-order valence-corrected chi connectivity index (χ4v) is 4.72. The van der Waals surface area contributed by atoms with Crippen molar-refractivity contribution >= 4 is 35.3 Å². The number of nitrogens with zero attached hydrogens (tertiary/aromatic N) is 1. The summed E-state index contributed by atoms with van der Waals surface area (Å²) in [6, 6.07) is 4.42. The second-order valence-corrected chi connectivity index (χ2v) is 11.0. The van der Waals surface area contributed by atoms with Crippen LogP contribution in [0.4, 0.5) is 5.69 Å². The Morgan fingerprint density at radius 3 is 2.43 bits per heavy atom. The Hall–Kier alpha value is -3.63. The number of benzene rings is 1. The van der Waals surface area contributed by atoms with E-state index in [1.807, 2.05) is 13.8 Å². The molecule has 4 amide bonds. The third-order valence-electron chi connectivity index (χ3n) is 7.42. The number of aliphatic hydroxyl groups excluding tert-OH is 4. The van der Waals surface area contributed by atoms with Gasteiger partial charge in [-0.25, -0.2) is 0 Å².